The molecule has 3 N–H and O–H groups in total. The number of nitrogens with two attached hydrogens (primary N) is 1. The number of anilines is 2. The van der Waals surface area contributed by atoms with E-state index in [0.29, 0.717) is 12.4 Å². The molecule has 1 amide bonds. The van der Waals surface area contributed by atoms with Crippen molar-refractivity contribution >= 4 is 17.4 Å². The number of amides is 1. The minimum atomic E-state index is -0.177. The van der Waals surface area contributed by atoms with Gasteiger partial charge in [0.1, 0.15) is 12.3 Å². The summed E-state index contributed by atoms with van der Waals surface area (Å²) in [5, 5.41) is 10.1. The number of carbonyl (C=O) groups excluding carboxylic acids is 1. The fourth-order valence-corrected chi connectivity index (χ4v) is 2.00. The second-order valence-corrected chi connectivity index (χ2v) is 4.31. The Morgan fingerprint density at radius 1 is 1.53 bits per heavy atom. The Bertz CT molecular complexity index is 622. The van der Waals surface area contributed by atoms with Crippen LogP contribution in [0.25, 0.3) is 0 Å². The zero-order valence-electron chi connectivity index (χ0n) is 10.2. The first-order valence-corrected chi connectivity index (χ1v) is 5.92. The average Bonchev–Trinajstić information content (AvgIpc) is 2.97. The number of fused-ring (bicyclic) bond motifs is 1. The number of ether oxygens (including phenoxy) is 1. The summed E-state index contributed by atoms with van der Waals surface area (Å²) in [6, 6.07) is 5.61. The fourth-order valence-electron chi connectivity index (χ4n) is 2.00. The first-order valence-electron chi connectivity index (χ1n) is 5.92. The Morgan fingerprint density at radius 3 is 3.21 bits per heavy atom. The van der Waals surface area contributed by atoms with Gasteiger partial charge in [-0.15, -0.1) is 5.10 Å². The third kappa shape index (κ3) is 2.49. The van der Waals surface area contributed by atoms with Crippen molar-refractivity contribution in [2.75, 3.05) is 17.7 Å². The highest BCUT2D eigenvalue weighted by atomic mass is 16.5. The summed E-state index contributed by atoms with van der Waals surface area (Å²) in [5.41, 5.74) is 7.29. The van der Waals surface area contributed by atoms with E-state index < -0.39 is 0 Å². The van der Waals surface area contributed by atoms with Gasteiger partial charge in [0, 0.05) is 12.1 Å². The number of carbonyl (C=O) groups is 1. The van der Waals surface area contributed by atoms with Crippen LogP contribution in [0, 0.1) is 0 Å². The predicted molar refractivity (Wildman–Crippen MR) is 68.7 cm³/mol. The fraction of sp³-hybridized carbons (Fsp3) is 0.250. The molecule has 7 heteroatoms. The van der Waals surface area contributed by atoms with Gasteiger partial charge in [-0.25, -0.2) is 4.68 Å². The molecule has 2 heterocycles. The van der Waals surface area contributed by atoms with Crippen molar-refractivity contribution in [2.24, 2.45) is 0 Å². The average molecular weight is 259 g/mol. The summed E-state index contributed by atoms with van der Waals surface area (Å²) >= 11 is 0. The van der Waals surface area contributed by atoms with Crippen LogP contribution in [0.15, 0.2) is 24.4 Å². The maximum absolute atomic E-state index is 11.8. The van der Waals surface area contributed by atoms with E-state index in [-0.39, 0.29) is 12.5 Å². The lowest BCUT2D eigenvalue weighted by molar-refractivity contribution is -0.116. The first-order chi connectivity index (χ1) is 9.20. The normalized spacial score (nSPS) is 12.8. The second-order valence-electron chi connectivity index (χ2n) is 4.31. The van der Waals surface area contributed by atoms with Gasteiger partial charge in [0.2, 0.25) is 5.91 Å². The van der Waals surface area contributed by atoms with Crippen LogP contribution in [-0.2, 0) is 17.8 Å². The standard InChI is InChI=1S/C12H13N5O2/c13-11-6-17(16-15-11)7-12(18)14-9-1-2-10-8(5-9)3-4-19-10/h1-2,5-6H,3-4,7,13H2,(H,14,18). The van der Waals surface area contributed by atoms with E-state index in [2.05, 4.69) is 15.6 Å². The topological polar surface area (TPSA) is 95.1 Å². The Labute approximate surface area is 109 Å². The largest absolute Gasteiger partial charge is 0.493 e. The van der Waals surface area contributed by atoms with Gasteiger partial charge in [0.25, 0.3) is 0 Å². The zero-order valence-corrected chi connectivity index (χ0v) is 10.2. The van der Waals surface area contributed by atoms with E-state index in [0.717, 1.165) is 23.4 Å². The van der Waals surface area contributed by atoms with Crippen LogP contribution in [0.2, 0.25) is 0 Å². The van der Waals surface area contributed by atoms with Crippen LogP contribution >= 0.6 is 0 Å². The molecule has 3 rings (SSSR count). The second kappa shape index (κ2) is 4.60. The minimum absolute atomic E-state index is 0.0811. The van der Waals surface area contributed by atoms with E-state index in [1.54, 1.807) is 0 Å². The summed E-state index contributed by atoms with van der Waals surface area (Å²) in [4.78, 5) is 11.8. The maximum atomic E-state index is 11.8. The van der Waals surface area contributed by atoms with Crippen molar-refractivity contribution in [1.82, 2.24) is 15.0 Å². The molecule has 2 aromatic rings. The molecule has 98 valence electrons. The number of aromatic nitrogens is 3. The monoisotopic (exact) mass is 259 g/mol. The van der Waals surface area contributed by atoms with Gasteiger partial charge >= 0.3 is 0 Å². The van der Waals surface area contributed by atoms with Crippen molar-refractivity contribution in [1.29, 1.82) is 0 Å². The lowest BCUT2D eigenvalue weighted by Gasteiger charge is -2.06. The summed E-state index contributed by atoms with van der Waals surface area (Å²) in [5.74, 6) is 1.01. The smallest absolute Gasteiger partial charge is 0.246 e. The van der Waals surface area contributed by atoms with Crippen molar-refractivity contribution in [3.05, 3.63) is 30.0 Å². The van der Waals surface area contributed by atoms with E-state index >= 15 is 0 Å². The summed E-state index contributed by atoms with van der Waals surface area (Å²) in [7, 11) is 0. The highest BCUT2D eigenvalue weighted by Gasteiger charge is 2.13. The highest BCUT2D eigenvalue weighted by Crippen LogP contribution is 2.27. The number of nitrogens with one attached hydrogen (secondary N) is 1. The molecular weight excluding hydrogens is 246 g/mol. The number of nitrogen functional groups attached to an aromatic ring is 1. The van der Waals surface area contributed by atoms with E-state index in [4.69, 9.17) is 10.5 Å². The molecule has 0 atom stereocenters. The van der Waals surface area contributed by atoms with Crippen molar-refractivity contribution in [2.45, 2.75) is 13.0 Å². The van der Waals surface area contributed by atoms with Crippen LogP contribution < -0.4 is 15.8 Å². The Hall–Kier alpha value is -2.57. The number of hydrogen-bond acceptors (Lipinski definition) is 5. The lowest BCUT2D eigenvalue weighted by atomic mass is 10.1. The molecule has 0 bridgehead atoms. The molecule has 0 saturated carbocycles. The van der Waals surface area contributed by atoms with E-state index in [1.165, 1.54) is 10.9 Å². The molecule has 1 aliphatic heterocycles. The van der Waals surface area contributed by atoms with E-state index in [9.17, 15) is 4.79 Å². The van der Waals surface area contributed by atoms with Crippen LogP contribution in [0.1, 0.15) is 5.56 Å². The Balaban J connectivity index is 1.66. The maximum Gasteiger partial charge on any atom is 0.246 e. The first kappa shape index (κ1) is 11.5. The van der Waals surface area contributed by atoms with Crippen LogP contribution in [-0.4, -0.2) is 27.5 Å². The highest BCUT2D eigenvalue weighted by molar-refractivity contribution is 5.90. The van der Waals surface area contributed by atoms with Crippen molar-refractivity contribution in [3.63, 3.8) is 0 Å². The minimum Gasteiger partial charge on any atom is -0.493 e. The molecule has 1 aromatic carbocycles. The van der Waals surface area contributed by atoms with Crippen LogP contribution in [0.3, 0.4) is 0 Å². The van der Waals surface area contributed by atoms with Gasteiger partial charge < -0.3 is 15.8 Å². The van der Waals surface area contributed by atoms with Gasteiger partial charge in [0.05, 0.1) is 12.8 Å². The summed E-state index contributed by atoms with van der Waals surface area (Å²) in [6.07, 6.45) is 2.38. The molecule has 0 unspecified atom stereocenters. The quantitative estimate of drug-likeness (QED) is 0.833. The SMILES string of the molecule is Nc1cn(CC(=O)Nc2ccc3c(c2)CCO3)nn1. The van der Waals surface area contributed by atoms with Gasteiger partial charge in [-0.05, 0) is 23.8 Å². The van der Waals surface area contributed by atoms with Gasteiger partial charge in [-0.2, -0.15) is 0 Å². The van der Waals surface area contributed by atoms with E-state index in [1.807, 2.05) is 18.2 Å². The zero-order chi connectivity index (χ0) is 13.2. The van der Waals surface area contributed by atoms with Gasteiger partial charge in [0.15, 0.2) is 5.82 Å². The van der Waals surface area contributed by atoms with Gasteiger partial charge in [-0.1, -0.05) is 5.21 Å². The molecular formula is C12H13N5O2. The predicted octanol–water partition coefficient (Wildman–Crippen LogP) is 0.434. The van der Waals surface area contributed by atoms with Crippen molar-refractivity contribution in [3.8, 4) is 5.75 Å². The summed E-state index contributed by atoms with van der Waals surface area (Å²) in [6.45, 7) is 0.781. The molecule has 0 spiro atoms. The molecule has 7 nitrogen and oxygen atoms in total. The molecule has 0 saturated heterocycles. The number of hydrogen-bond donors (Lipinski definition) is 2. The van der Waals surface area contributed by atoms with Crippen LogP contribution in [0.4, 0.5) is 11.5 Å². The molecule has 0 radical (unpaired) electrons. The third-order valence-corrected chi connectivity index (χ3v) is 2.84. The van der Waals surface area contributed by atoms with Gasteiger partial charge in [-0.3, -0.25) is 4.79 Å². The Morgan fingerprint density at radius 2 is 2.42 bits per heavy atom. The molecule has 1 aliphatic rings. The number of benzene rings is 1. The van der Waals surface area contributed by atoms with Crippen LogP contribution in [0.5, 0.6) is 5.75 Å². The molecule has 1 aromatic heterocycles. The third-order valence-electron chi connectivity index (χ3n) is 2.84. The van der Waals surface area contributed by atoms with Crippen molar-refractivity contribution < 1.29 is 9.53 Å². The molecule has 0 fully saturated rings. The molecule has 0 aliphatic carbocycles. The molecule has 19 heavy (non-hydrogen) atoms. The number of nitrogens with zero attached hydrogens (tertiary/aromatic N) is 3. The summed E-state index contributed by atoms with van der Waals surface area (Å²) < 4.78 is 6.80. The number of rotatable bonds is 3. The Kier molecular flexibility index (Phi) is 2.79. The lowest BCUT2D eigenvalue weighted by Crippen LogP contribution is -2.19.